The number of halogens is 1. The summed E-state index contributed by atoms with van der Waals surface area (Å²) in [6, 6.07) is 10.3. The number of fused-ring (bicyclic) bond motifs is 1. The van der Waals surface area contributed by atoms with Gasteiger partial charge in [-0.25, -0.2) is 9.37 Å². The molecule has 1 fully saturated rings. The number of pyridine rings is 2. The van der Waals surface area contributed by atoms with Gasteiger partial charge in [-0.15, -0.1) is 0 Å². The normalized spacial score (nSPS) is 14.6. The van der Waals surface area contributed by atoms with Crippen LogP contribution in [0.4, 0.5) is 21.7 Å². The largest absolute Gasteiger partial charge is 0.365 e. The van der Waals surface area contributed by atoms with E-state index in [1.54, 1.807) is 6.20 Å². The number of nitrogens with zero attached hydrogens (tertiary/aromatic N) is 2. The molecule has 2 heterocycles. The van der Waals surface area contributed by atoms with Crippen molar-refractivity contribution in [2.24, 2.45) is 17.4 Å². The molecule has 4 rings (SSSR count). The van der Waals surface area contributed by atoms with Gasteiger partial charge in [0.15, 0.2) is 11.6 Å². The van der Waals surface area contributed by atoms with Crippen molar-refractivity contribution >= 4 is 34.1 Å². The molecule has 8 heteroatoms. The molecule has 1 amide bonds. The maximum atomic E-state index is 14.5. The minimum absolute atomic E-state index is 0.0231. The molecule has 7 nitrogen and oxygen atoms in total. The number of aromatic nitrogens is 2. The van der Waals surface area contributed by atoms with Crippen LogP contribution >= 0.6 is 0 Å². The summed E-state index contributed by atoms with van der Waals surface area (Å²) >= 11 is 0. The third-order valence-electron chi connectivity index (χ3n) is 4.87. The Morgan fingerprint density at radius 3 is 2.79 bits per heavy atom. The number of hydrogen-bond acceptors (Lipinski definition) is 6. The van der Waals surface area contributed by atoms with Crippen molar-refractivity contribution < 1.29 is 9.18 Å². The predicted molar refractivity (Wildman–Crippen MR) is 107 cm³/mol. The topological polar surface area (TPSA) is 119 Å². The smallest absolute Gasteiger partial charge is 0.252 e. The van der Waals surface area contributed by atoms with Gasteiger partial charge in [0, 0.05) is 29.9 Å². The van der Waals surface area contributed by atoms with Crippen molar-refractivity contribution in [2.45, 2.75) is 18.9 Å². The number of nitrogens with two attached hydrogens (primary N) is 2. The lowest BCUT2D eigenvalue weighted by molar-refractivity contribution is 0.100. The van der Waals surface area contributed by atoms with E-state index in [-0.39, 0.29) is 23.2 Å². The third-order valence-corrected chi connectivity index (χ3v) is 4.87. The van der Waals surface area contributed by atoms with E-state index in [2.05, 4.69) is 20.6 Å². The average Bonchev–Trinajstić information content (AvgIpc) is 3.53. The van der Waals surface area contributed by atoms with Gasteiger partial charge in [-0.2, -0.15) is 0 Å². The molecule has 2 aromatic heterocycles. The van der Waals surface area contributed by atoms with Crippen molar-refractivity contribution in [2.75, 3.05) is 17.2 Å². The average molecular weight is 380 g/mol. The Bertz CT molecular complexity index is 1040. The van der Waals surface area contributed by atoms with E-state index in [4.69, 9.17) is 11.5 Å². The number of primary amides is 1. The van der Waals surface area contributed by atoms with Gasteiger partial charge in [0.05, 0.1) is 11.1 Å². The Balaban J connectivity index is 1.68. The molecule has 0 bridgehead atoms. The lowest BCUT2D eigenvalue weighted by Gasteiger charge is -2.19. The summed E-state index contributed by atoms with van der Waals surface area (Å²) in [5.41, 5.74) is 12.7. The first-order chi connectivity index (χ1) is 13.5. The van der Waals surface area contributed by atoms with Crippen molar-refractivity contribution in [3.63, 3.8) is 0 Å². The number of anilines is 3. The first-order valence-electron chi connectivity index (χ1n) is 9.14. The van der Waals surface area contributed by atoms with Gasteiger partial charge in [-0.05, 0) is 49.1 Å². The molecule has 3 aromatic rings. The fraction of sp³-hybridized carbons (Fsp3) is 0.250. The highest BCUT2D eigenvalue weighted by molar-refractivity contribution is 5.99. The van der Waals surface area contributed by atoms with Gasteiger partial charge < -0.3 is 22.1 Å². The molecule has 1 aliphatic rings. The summed E-state index contributed by atoms with van der Waals surface area (Å²) in [5, 5.41) is 7.06. The SMILES string of the molecule is NCC(Nc1nc(Nc2ccc3ncccc3c2)c(C(N)=O)cc1F)C1CC1. The van der Waals surface area contributed by atoms with Crippen LogP contribution in [0.1, 0.15) is 23.2 Å². The van der Waals surface area contributed by atoms with Gasteiger partial charge >= 0.3 is 0 Å². The molecule has 1 atom stereocenters. The lowest BCUT2D eigenvalue weighted by Crippen LogP contribution is -2.32. The van der Waals surface area contributed by atoms with Crippen LogP contribution in [-0.2, 0) is 0 Å². The van der Waals surface area contributed by atoms with Crippen LogP contribution in [-0.4, -0.2) is 28.5 Å². The molecule has 1 unspecified atom stereocenters. The molecule has 1 aliphatic carbocycles. The molecule has 1 saturated carbocycles. The molecular formula is C20H21FN6O. The van der Waals surface area contributed by atoms with E-state index in [0.717, 1.165) is 29.8 Å². The molecule has 0 radical (unpaired) electrons. The quantitative estimate of drug-likeness (QED) is 0.500. The predicted octanol–water partition coefficient (Wildman–Crippen LogP) is 2.76. The number of benzene rings is 1. The van der Waals surface area contributed by atoms with Gasteiger partial charge in [-0.3, -0.25) is 9.78 Å². The Morgan fingerprint density at radius 1 is 1.25 bits per heavy atom. The summed E-state index contributed by atoms with van der Waals surface area (Å²) in [7, 11) is 0. The van der Waals surface area contributed by atoms with Gasteiger partial charge in [-0.1, -0.05) is 6.07 Å². The maximum absolute atomic E-state index is 14.5. The molecule has 0 aliphatic heterocycles. The number of rotatable bonds is 7. The lowest BCUT2D eigenvalue weighted by atomic mass is 10.1. The zero-order valence-electron chi connectivity index (χ0n) is 15.2. The number of carbonyl (C=O) groups excluding carboxylic acids is 1. The first-order valence-corrected chi connectivity index (χ1v) is 9.14. The van der Waals surface area contributed by atoms with Crippen LogP contribution in [0.15, 0.2) is 42.6 Å². The fourth-order valence-corrected chi connectivity index (χ4v) is 3.21. The Kier molecular flexibility index (Phi) is 4.79. The number of nitrogens with one attached hydrogen (secondary N) is 2. The molecule has 144 valence electrons. The molecule has 28 heavy (non-hydrogen) atoms. The van der Waals surface area contributed by atoms with Crippen LogP contribution in [0.25, 0.3) is 10.9 Å². The van der Waals surface area contributed by atoms with E-state index >= 15 is 0 Å². The van der Waals surface area contributed by atoms with Crippen LogP contribution in [0.3, 0.4) is 0 Å². The second kappa shape index (κ2) is 7.40. The summed E-state index contributed by atoms with van der Waals surface area (Å²) in [4.78, 5) is 20.4. The number of amides is 1. The molecular weight excluding hydrogens is 359 g/mol. The number of carbonyl (C=O) groups is 1. The summed E-state index contributed by atoms with van der Waals surface area (Å²) in [6.07, 6.45) is 3.84. The molecule has 0 saturated heterocycles. The monoisotopic (exact) mass is 380 g/mol. The van der Waals surface area contributed by atoms with Crippen LogP contribution in [0, 0.1) is 11.7 Å². The maximum Gasteiger partial charge on any atom is 0.252 e. The van der Waals surface area contributed by atoms with E-state index in [1.165, 1.54) is 0 Å². The van der Waals surface area contributed by atoms with Gasteiger partial charge in [0.1, 0.15) is 5.82 Å². The number of hydrogen-bond donors (Lipinski definition) is 4. The minimum Gasteiger partial charge on any atom is -0.365 e. The van der Waals surface area contributed by atoms with E-state index < -0.39 is 11.7 Å². The standard InChI is InChI=1S/C20H21FN6O/c21-15-9-14(18(23)28)19(27-20(15)26-17(10-22)11-3-4-11)25-13-5-6-16-12(8-13)2-1-7-24-16/h1-2,5-9,11,17H,3-4,10,22H2,(H2,23,28)(H2,25,26,27). The van der Waals surface area contributed by atoms with E-state index in [0.29, 0.717) is 18.2 Å². The van der Waals surface area contributed by atoms with Crippen LogP contribution in [0.2, 0.25) is 0 Å². The second-order valence-electron chi connectivity index (χ2n) is 6.94. The highest BCUT2D eigenvalue weighted by Gasteiger charge is 2.31. The Hall–Kier alpha value is -3.26. The molecule has 6 N–H and O–H groups in total. The van der Waals surface area contributed by atoms with E-state index in [1.807, 2.05) is 30.3 Å². The Morgan fingerprint density at radius 2 is 2.07 bits per heavy atom. The first kappa shape index (κ1) is 18.1. The van der Waals surface area contributed by atoms with Crippen molar-refractivity contribution in [1.82, 2.24) is 9.97 Å². The third kappa shape index (κ3) is 3.72. The Labute approximate surface area is 161 Å². The zero-order valence-corrected chi connectivity index (χ0v) is 15.2. The zero-order chi connectivity index (χ0) is 19.7. The summed E-state index contributed by atoms with van der Waals surface area (Å²) in [6.45, 7) is 0.379. The fourth-order valence-electron chi connectivity index (χ4n) is 3.21. The highest BCUT2D eigenvalue weighted by Crippen LogP contribution is 2.34. The second-order valence-corrected chi connectivity index (χ2v) is 6.94. The van der Waals surface area contributed by atoms with Crippen LogP contribution in [0.5, 0.6) is 0 Å². The van der Waals surface area contributed by atoms with E-state index in [9.17, 15) is 9.18 Å². The van der Waals surface area contributed by atoms with Crippen molar-refractivity contribution in [1.29, 1.82) is 0 Å². The van der Waals surface area contributed by atoms with Gasteiger partial charge in [0.2, 0.25) is 0 Å². The van der Waals surface area contributed by atoms with Gasteiger partial charge in [0.25, 0.3) is 5.91 Å². The van der Waals surface area contributed by atoms with Crippen molar-refractivity contribution in [3.05, 3.63) is 54.0 Å². The minimum atomic E-state index is -0.763. The molecule has 0 spiro atoms. The van der Waals surface area contributed by atoms with Crippen molar-refractivity contribution in [3.8, 4) is 0 Å². The molecule has 1 aromatic carbocycles. The summed E-state index contributed by atoms with van der Waals surface area (Å²) in [5.74, 6) is -0.739. The highest BCUT2D eigenvalue weighted by atomic mass is 19.1. The summed E-state index contributed by atoms with van der Waals surface area (Å²) < 4.78 is 14.5. The van der Waals surface area contributed by atoms with Crippen LogP contribution < -0.4 is 22.1 Å².